The van der Waals surface area contributed by atoms with Crippen molar-refractivity contribution in [3.63, 3.8) is 0 Å². The van der Waals surface area contributed by atoms with E-state index >= 15 is 0 Å². The predicted molar refractivity (Wildman–Crippen MR) is 95.9 cm³/mol. The molecule has 2 aromatic heterocycles. The Morgan fingerprint density at radius 3 is 2.69 bits per heavy atom. The number of aromatic amines is 1. The standard InChI is InChI=1S/C18H12F3N5O3/c19-18(20,21)16-23-12-6-1-2-7-13(12)26(16)9-14(27)22-11-5-3-4-10(8-11)15-24-17(28)29-25-15/h1-8H,9H2,(H,22,27)(H,24,25,28). The molecule has 8 nitrogen and oxygen atoms in total. The van der Waals surface area contributed by atoms with Crippen LogP contribution in [0.25, 0.3) is 22.4 Å². The van der Waals surface area contributed by atoms with Gasteiger partial charge in [-0.3, -0.25) is 14.3 Å². The molecular formula is C18H12F3N5O3. The second kappa shape index (κ2) is 6.93. The first-order chi connectivity index (χ1) is 13.8. The number of para-hydroxylation sites is 2. The lowest BCUT2D eigenvalue weighted by atomic mass is 10.2. The number of nitrogens with one attached hydrogen (secondary N) is 2. The highest BCUT2D eigenvalue weighted by atomic mass is 19.4. The molecule has 0 saturated heterocycles. The van der Waals surface area contributed by atoms with Gasteiger partial charge in [0.1, 0.15) is 6.54 Å². The Hall–Kier alpha value is -3.89. The predicted octanol–water partition coefficient (Wildman–Crippen LogP) is 3.04. The number of carbonyl (C=O) groups is 1. The molecular weight excluding hydrogens is 391 g/mol. The van der Waals surface area contributed by atoms with E-state index in [0.29, 0.717) is 11.3 Å². The van der Waals surface area contributed by atoms with E-state index in [4.69, 9.17) is 0 Å². The fraction of sp³-hybridized carbons (Fsp3) is 0.111. The van der Waals surface area contributed by atoms with Gasteiger partial charge in [-0.25, -0.2) is 9.78 Å². The van der Waals surface area contributed by atoms with E-state index in [2.05, 4.69) is 25.0 Å². The summed E-state index contributed by atoms with van der Waals surface area (Å²) < 4.78 is 45.3. The third-order valence-electron chi connectivity index (χ3n) is 4.07. The lowest BCUT2D eigenvalue weighted by Crippen LogP contribution is -2.23. The Bertz CT molecular complexity index is 1260. The zero-order valence-electron chi connectivity index (χ0n) is 14.5. The second-order valence-electron chi connectivity index (χ2n) is 6.08. The van der Waals surface area contributed by atoms with Gasteiger partial charge in [-0.1, -0.05) is 29.4 Å². The maximum Gasteiger partial charge on any atom is 0.449 e. The minimum absolute atomic E-state index is 0.143. The summed E-state index contributed by atoms with van der Waals surface area (Å²) in [5.41, 5.74) is 1.11. The summed E-state index contributed by atoms with van der Waals surface area (Å²) in [5, 5.41) is 6.08. The number of alkyl halides is 3. The van der Waals surface area contributed by atoms with Crippen molar-refractivity contribution in [2.75, 3.05) is 5.32 Å². The maximum absolute atomic E-state index is 13.3. The van der Waals surface area contributed by atoms with E-state index in [1.54, 1.807) is 30.3 Å². The van der Waals surface area contributed by atoms with Crippen LogP contribution in [0.2, 0.25) is 0 Å². The summed E-state index contributed by atoms with van der Waals surface area (Å²) in [6, 6.07) is 12.3. The molecule has 0 aliphatic carbocycles. The van der Waals surface area contributed by atoms with Gasteiger partial charge >= 0.3 is 11.9 Å². The Balaban J connectivity index is 1.60. The molecule has 0 spiro atoms. The van der Waals surface area contributed by atoms with Gasteiger partial charge < -0.3 is 9.88 Å². The summed E-state index contributed by atoms with van der Waals surface area (Å²) in [6.45, 7) is -0.583. The summed E-state index contributed by atoms with van der Waals surface area (Å²) in [6.07, 6.45) is -4.71. The van der Waals surface area contributed by atoms with Crippen molar-refractivity contribution in [3.05, 3.63) is 64.9 Å². The number of hydrogen-bond donors (Lipinski definition) is 2. The number of halogens is 3. The molecule has 0 aliphatic rings. The van der Waals surface area contributed by atoms with Gasteiger partial charge in [0.15, 0.2) is 5.82 Å². The average Bonchev–Trinajstić information content (AvgIpc) is 3.26. The monoisotopic (exact) mass is 403 g/mol. The first-order valence-corrected chi connectivity index (χ1v) is 8.30. The topological polar surface area (TPSA) is 106 Å². The van der Waals surface area contributed by atoms with Crippen LogP contribution in [-0.4, -0.2) is 25.6 Å². The number of carbonyl (C=O) groups excluding carboxylic acids is 1. The van der Waals surface area contributed by atoms with Gasteiger partial charge in [-0.05, 0) is 24.3 Å². The van der Waals surface area contributed by atoms with E-state index < -0.39 is 30.2 Å². The minimum atomic E-state index is -4.71. The molecule has 1 amide bonds. The van der Waals surface area contributed by atoms with Crippen molar-refractivity contribution in [1.82, 2.24) is 19.7 Å². The molecule has 148 valence electrons. The van der Waals surface area contributed by atoms with E-state index in [1.165, 1.54) is 18.2 Å². The molecule has 4 aromatic rings. The number of benzene rings is 2. The highest BCUT2D eigenvalue weighted by molar-refractivity contribution is 5.92. The highest BCUT2D eigenvalue weighted by Gasteiger charge is 2.38. The van der Waals surface area contributed by atoms with Crippen LogP contribution in [0.15, 0.2) is 57.8 Å². The van der Waals surface area contributed by atoms with Crippen LogP contribution in [0.3, 0.4) is 0 Å². The fourth-order valence-corrected chi connectivity index (χ4v) is 2.89. The zero-order chi connectivity index (χ0) is 20.6. The second-order valence-corrected chi connectivity index (χ2v) is 6.08. The highest BCUT2D eigenvalue weighted by Crippen LogP contribution is 2.31. The molecule has 0 fully saturated rings. The third kappa shape index (κ3) is 3.74. The number of hydrogen-bond acceptors (Lipinski definition) is 5. The number of amides is 1. The third-order valence-corrected chi connectivity index (χ3v) is 4.07. The largest absolute Gasteiger partial charge is 0.449 e. The van der Waals surface area contributed by atoms with Crippen LogP contribution in [0.5, 0.6) is 0 Å². The minimum Gasteiger partial charge on any atom is -0.325 e. The van der Waals surface area contributed by atoms with Gasteiger partial charge in [0, 0.05) is 11.3 Å². The van der Waals surface area contributed by atoms with Crippen LogP contribution in [0, 0.1) is 0 Å². The molecule has 2 heterocycles. The van der Waals surface area contributed by atoms with E-state index in [0.717, 1.165) is 4.57 Å². The summed E-state index contributed by atoms with van der Waals surface area (Å²) in [7, 11) is 0. The van der Waals surface area contributed by atoms with Crippen molar-refractivity contribution in [2.45, 2.75) is 12.7 Å². The van der Waals surface area contributed by atoms with Crippen molar-refractivity contribution < 1.29 is 22.5 Å². The number of rotatable bonds is 4. The number of aromatic nitrogens is 4. The number of nitrogens with zero attached hydrogens (tertiary/aromatic N) is 3. The molecule has 0 atom stereocenters. The first kappa shape index (κ1) is 18.5. The molecule has 0 bridgehead atoms. The summed E-state index contributed by atoms with van der Waals surface area (Å²) in [4.78, 5) is 29.5. The summed E-state index contributed by atoms with van der Waals surface area (Å²) >= 11 is 0. The van der Waals surface area contributed by atoms with Crippen LogP contribution >= 0.6 is 0 Å². The zero-order valence-corrected chi connectivity index (χ0v) is 14.5. The van der Waals surface area contributed by atoms with Crippen LogP contribution < -0.4 is 11.1 Å². The normalized spacial score (nSPS) is 11.7. The van der Waals surface area contributed by atoms with Gasteiger partial charge in [0.25, 0.3) is 0 Å². The van der Waals surface area contributed by atoms with Gasteiger partial charge in [0.2, 0.25) is 11.7 Å². The molecule has 2 aromatic carbocycles. The van der Waals surface area contributed by atoms with Crippen LogP contribution in [0.1, 0.15) is 5.82 Å². The number of fused-ring (bicyclic) bond motifs is 1. The van der Waals surface area contributed by atoms with E-state index in [9.17, 15) is 22.8 Å². The number of anilines is 1. The van der Waals surface area contributed by atoms with E-state index in [1.807, 2.05) is 0 Å². The summed E-state index contributed by atoms with van der Waals surface area (Å²) in [5.74, 6) is -2.40. The lowest BCUT2D eigenvalue weighted by Gasteiger charge is -2.12. The first-order valence-electron chi connectivity index (χ1n) is 8.30. The molecule has 0 saturated carbocycles. The van der Waals surface area contributed by atoms with Crippen LogP contribution in [-0.2, 0) is 17.5 Å². The van der Waals surface area contributed by atoms with Crippen molar-refractivity contribution in [2.24, 2.45) is 0 Å². The molecule has 0 aliphatic heterocycles. The molecule has 4 rings (SSSR count). The van der Waals surface area contributed by atoms with Gasteiger partial charge in [-0.2, -0.15) is 13.2 Å². The van der Waals surface area contributed by atoms with Gasteiger partial charge in [0.05, 0.1) is 11.0 Å². The Morgan fingerprint density at radius 2 is 1.97 bits per heavy atom. The number of imidazole rings is 1. The van der Waals surface area contributed by atoms with Crippen LogP contribution in [0.4, 0.5) is 18.9 Å². The molecule has 0 unspecified atom stereocenters. The van der Waals surface area contributed by atoms with Gasteiger partial charge in [-0.15, -0.1) is 0 Å². The quantitative estimate of drug-likeness (QED) is 0.545. The fourth-order valence-electron chi connectivity index (χ4n) is 2.89. The SMILES string of the molecule is O=C(Cn1c(C(F)(F)F)nc2ccccc21)Nc1cccc(-c2noc(=O)[nH]2)c1. The molecule has 11 heteroatoms. The molecule has 0 radical (unpaired) electrons. The number of H-pyrrole nitrogens is 1. The van der Waals surface area contributed by atoms with Crippen molar-refractivity contribution in [1.29, 1.82) is 0 Å². The average molecular weight is 403 g/mol. The van der Waals surface area contributed by atoms with Crippen molar-refractivity contribution in [3.8, 4) is 11.4 Å². The lowest BCUT2D eigenvalue weighted by molar-refractivity contribution is -0.147. The van der Waals surface area contributed by atoms with E-state index in [-0.39, 0.29) is 16.9 Å². The Morgan fingerprint density at radius 1 is 1.17 bits per heavy atom. The smallest absolute Gasteiger partial charge is 0.325 e. The Kier molecular flexibility index (Phi) is 4.41. The van der Waals surface area contributed by atoms with Crippen molar-refractivity contribution >= 4 is 22.6 Å². The molecule has 2 N–H and O–H groups in total. The molecule has 29 heavy (non-hydrogen) atoms. The maximum atomic E-state index is 13.3. The Labute approximate surface area is 160 Å².